The number of hydrogen-bond donors (Lipinski definition) is 0. The first-order valence-corrected chi connectivity index (χ1v) is 7.48. The minimum atomic E-state index is 0.132. The van der Waals surface area contributed by atoms with E-state index in [0.29, 0.717) is 0 Å². The summed E-state index contributed by atoms with van der Waals surface area (Å²) in [6.45, 7) is 0.825. The molecule has 3 nitrogen and oxygen atoms in total. The van der Waals surface area contributed by atoms with Gasteiger partial charge in [-0.3, -0.25) is 4.98 Å². The maximum absolute atomic E-state index is 6.15. The molecule has 1 unspecified atom stereocenters. The summed E-state index contributed by atoms with van der Waals surface area (Å²) in [7, 11) is 0. The van der Waals surface area contributed by atoms with Gasteiger partial charge in [0.25, 0.3) is 0 Å². The maximum Gasteiger partial charge on any atom is 0.138 e. The molecule has 1 saturated carbocycles. The second-order valence-electron chi connectivity index (χ2n) is 5.98. The zero-order valence-corrected chi connectivity index (χ0v) is 11.5. The predicted octanol–water partition coefficient (Wildman–Crippen LogP) is 3.72. The zero-order valence-electron chi connectivity index (χ0n) is 11.5. The third-order valence-electron chi connectivity index (χ3n) is 4.58. The lowest BCUT2D eigenvalue weighted by Crippen LogP contribution is -2.48. The minimum Gasteiger partial charge on any atom is -0.489 e. The van der Waals surface area contributed by atoms with Crippen LogP contribution in [0.15, 0.2) is 36.5 Å². The van der Waals surface area contributed by atoms with Crippen LogP contribution in [0.4, 0.5) is 0 Å². The van der Waals surface area contributed by atoms with Gasteiger partial charge in [-0.2, -0.15) is 0 Å². The molecule has 2 heterocycles. The van der Waals surface area contributed by atoms with Crippen molar-refractivity contribution in [2.45, 2.75) is 43.8 Å². The normalized spacial score (nSPS) is 24.5. The fraction of sp³-hybridized carbons (Fsp3) is 0.471. The minimum absolute atomic E-state index is 0.132. The Bertz CT molecular complexity index is 621. The van der Waals surface area contributed by atoms with Gasteiger partial charge in [-0.25, -0.2) is 0 Å². The lowest BCUT2D eigenvalue weighted by Gasteiger charge is -2.46. The van der Waals surface area contributed by atoms with E-state index in [1.807, 2.05) is 24.4 Å². The summed E-state index contributed by atoms with van der Waals surface area (Å²) in [6.07, 6.45) is 7.81. The van der Waals surface area contributed by atoms with Crippen LogP contribution >= 0.6 is 0 Å². The fourth-order valence-electron chi connectivity index (χ4n) is 3.31. The molecule has 0 amide bonds. The lowest BCUT2D eigenvalue weighted by molar-refractivity contribution is -0.153. The van der Waals surface area contributed by atoms with Crippen LogP contribution in [0.3, 0.4) is 0 Å². The molecule has 2 fully saturated rings. The van der Waals surface area contributed by atoms with E-state index in [1.54, 1.807) is 0 Å². The number of ether oxygens (including phenoxy) is 2. The number of aromatic nitrogens is 1. The summed E-state index contributed by atoms with van der Waals surface area (Å²) in [6, 6.07) is 10.2. The Balaban J connectivity index is 1.52. The highest BCUT2D eigenvalue weighted by Gasteiger charge is 2.43. The number of para-hydroxylation sites is 1. The number of nitrogens with zero attached hydrogens (tertiary/aromatic N) is 1. The van der Waals surface area contributed by atoms with Crippen molar-refractivity contribution >= 4 is 10.9 Å². The molecule has 104 valence electrons. The van der Waals surface area contributed by atoms with Gasteiger partial charge in [0, 0.05) is 18.2 Å². The molecule has 1 atom stereocenters. The summed E-state index contributed by atoms with van der Waals surface area (Å²) in [5.41, 5.74) is 1.15. The topological polar surface area (TPSA) is 31.4 Å². The van der Waals surface area contributed by atoms with Gasteiger partial charge in [-0.1, -0.05) is 18.2 Å². The van der Waals surface area contributed by atoms with Crippen molar-refractivity contribution in [1.29, 1.82) is 0 Å². The Kier molecular flexibility index (Phi) is 2.88. The molecule has 1 aromatic heterocycles. The lowest BCUT2D eigenvalue weighted by atomic mass is 9.74. The van der Waals surface area contributed by atoms with Crippen LogP contribution in [0.1, 0.15) is 32.1 Å². The number of benzene rings is 1. The van der Waals surface area contributed by atoms with Gasteiger partial charge in [-0.15, -0.1) is 0 Å². The summed E-state index contributed by atoms with van der Waals surface area (Å²) in [5.74, 6) is 0.880. The van der Waals surface area contributed by atoms with Crippen molar-refractivity contribution in [3.05, 3.63) is 36.5 Å². The molecule has 0 bridgehead atoms. The van der Waals surface area contributed by atoms with Crippen LogP contribution in [0, 0.1) is 0 Å². The first kappa shape index (κ1) is 12.2. The van der Waals surface area contributed by atoms with Crippen molar-refractivity contribution in [2.75, 3.05) is 6.61 Å². The zero-order chi connectivity index (χ0) is 13.4. The maximum atomic E-state index is 6.15. The van der Waals surface area contributed by atoms with E-state index in [4.69, 9.17) is 9.47 Å². The van der Waals surface area contributed by atoms with E-state index >= 15 is 0 Å². The average Bonchev–Trinajstić information content (AvgIpc) is 2.46. The van der Waals surface area contributed by atoms with Crippen molar-refractivity contribution in [2.24, 2.45) is 0 Å². The Hall–Kier alpha value is -1.61. The quantitative estimate of drug-likeness (QED) is 0.832. The average molecular weight is 269 g/mol. The molecule has 1 aromatic carbocycles. The molecule has 1 aliphatic carbocycles. The number of hydrogen-bond acceptors (Lipinski definition) is 3. The Morgan fingerprint density at radius 3 is 3.00 bits per heavy atom. The van der Waals surface area contributed by atoms with Crippen molar-refractivity contribution in [3.8, 4) is 5.75 Å². The molecule has 2 aromatic rings. The first-order chi connectivity index (χ1) is 9.83. The van der Waals surface area contributed by atoms with Gasteiger partial charge in [0.2, 0.25) is 0 Å². The van der Waals surface area contributed by atoms with Crippen LogP contribution in [0.2, 0.25) is 0 Å². The molecule has 0 N–H and O–H groups in total. The molecule has 1 aliphatic heterocycles. The first-order valence-electron chi connectivity index (χ1n) is 7.48. The van der Waals surface area contributed by atoms with E-state index in [2.05, 4.69) is 17.1 Å². The van der Waals surface area contributed by atoms with Gasteiger partial charge >= 0.3 is 0 Å². The Morgan fingerprint density at radius 2 is 2.15 bits per heavy atom. The number of pyridine rings is 1. The van der Waals surface area contributed by atoms with Crippen LogP contribution in [0.25, 0.3) is 10.9 Å². The van der Waals surface area contributed by atoms with Crippen LogP contribution < -0.4 is 4.74 Å². The third-order valence-corrected chi connectivity index (χ3v) is 4.58. The number of rotatable bonds is 2. The van der Waals surface area contributed by atoms with E-state index in [-0.39, 0.29) is 11.7 Å². The van der Waals surface area contributed by atoms with Gasteiger partial charge in [0.15, 0.2) is 0 Å². The standard InChI is InChI=1S/C17H19NO2/c1-2-5-16-13(4-1)10-15(12-18-16)20-14-6-9-19-17(11-14)7-3-8-17/h1-2,4-5,10,12,14H,3,6-9,11H2. The van der Waals surface area contributed by atoms with Crippen LogP contribution in [0.5, 0.6) is 5.75 Å². The molecule has 2 aliphatic rings. The largest absolute Gasteiger partial charge is 0.489 e. The van der Waals surface area contributed by atoms with Crippen LogP contribution in [-0.2, 0) is 4.74 Å². The summed E-state index contributed by atoms with van der Waals surface area (Å²) in [4.78, 5) is 4.46. The van der Waals surface area contributed by atoms with Crippen molar-refractivity contribution in [3.63, 3.8) is 0 Å². The van der Waals surface area contributed by atoms with E-state index in [9.17, 15) is 0 Å². The molecular formula is C17H19NO2. The van der Waals surface area contributed by atoms with E-state index in [0.717, 1.165) is 36.1 Å². The monoisotopic (exact) mass is 269 g/mol. The highest BCUT2D eigenvalue weighted by molar-refractivity contribution is 5.79. The SMILES string of the molecule is c1ccc2ncc(OC3CCOC4(CCC4)C3)cc2c1. The van der Waals surface area contributed by atoms with E-state index < -0.39 is 0 Å². The van der Waals surface area contributed by atoms with Crippen molar-refractivity contribution in [1.82, 2.24) is 4.98 Å². The molecular weight excluding hydrogens is 250 g/mol. The summed E-state index contributed by atoms with van der Waals surface area (Å²) < 4.78 is 12.1. The second-order valence-corrected chi connectivity index (χ2v) is 5.98. The van der Waals surface area contributed by atoms with Gasteiger partial charge < -0.3 is 9.47 Å². The number of fused-ring (bicyclic) bond motifs is 1. The predicted molar refractivity (Wildman–Crippen MR) is 77.9 cm³/mol. The molecule has 20 heavy (non-hydrogen) atoms. The molecule has 4 rings (SSSR count). The van der Waals surface area contributed by atoms with Crippen LogP contribution in [-0.4, -0.2) is 23.3 Å². The fourth-order valence-corrected chi connectivity index (χ4v) is 3.31. The molecule has 1 spiro atoms. The van der Waals surface area contributed by atoms with Gasteiger partial charge in [-0.05, 0) is 31.4 Å². The highest BCUT2D eigenvalue weighted by Crippen LogP contribution is 2.43. The molecule has 3 heteroatoms. The Labute approximate surface area is 118 Å². The Morgan fingerprint density at radius 1 is 1.25 bits per heavy atom. The van der Waals surface area contributed by atoms with E-state index in [1.165, 1.54) is 19.3 Å². The summed E-state index contributed by atoms with van der Waals surface area (Å²) >= 11 is 0. The molecule has 0 radical (unpaired) electrons. The smallest absolute Gasteiger partial charge is 0.138 e. The summed E-state index contributed by atoms with van der Waals surface area (Å²) in [5, 5.41) is 1.13. The molecule has 1 saturated heterocycles. The van der Waals surface area contributed by atoms with Gasteiger partial charge in [0.05, 0.1) is 23.9 Å². The van der Waals surface area contributed by atoms with Gasteiger partial charge in [0.1, 0.15) is 11.9 Å². The van der Waals surface area contributed by atoms with Crippen molar-refractivity contribution < 1.29 is 9.47 Å². The third kappa shape index (κ3) is 2.16. The highest BCUT2D eigenvalue weighted by atomic mass is 16.5. The second kappa shape index (κ2) is 4.74.